The molecule has 3 aromatic carbocycles. The van der Waals surface area contributed by atoms with Crippen LogP contribution in [0.25, 0.3) is 11.1 Å². The van der Waals surface area contributed by atoms with Gasteiger partial charge in [-0.05, 0) is 53.9 Å². The van der Waals surface area contributed by atoms with E-state index < -0.39 is 5.91 Å². The summed E-state index contributed by atoms with van der Waals surface area (Å²) in [6.45, 7) is 2.12. The number of aryl methyl sites for hydroxylation is 1. The van der Waals surface area contributed by atoms with Gasteiger partial charge in [-0.15, -0.1) is 0 Å². The summed E-state index contributed by atoms with van der Waals surface area (Å²) in [5.74, 6) is -0.773. The molecule has 0 saturated heterocycles. The molecular weight excluding hydrogens is 374 g/mol. The van der Waals surface area contributed by atoms with Crippen molar-refractivity contribution in [3.63, 3.8) is 0 Å². The van der Waals surface area contributed by atoms with E-state index in [2.05, 4.69) is 12.2 Å². The Balaban J connectivity index is 2.01. The van der Waals surface area contributed by atoms with E-state index in [1.165, 1.54) is 5.56 Å². The molecule has 3 rings (SSSR count). The second-order valence-corrected chi connectivity index (χ2v) is 7.44. The number of rotatable bonds is 7. The van der Waals surface area contributed by atoms with Gasteiger partial charge in [-0.2, -0.15) is 0 Å². The molecule has 3 aromatic rings. The molecule has 0 aromatic heterocycles. The lowest BCUT2D eigenvalue weighted by Gasteiger charge is -2.18. The maximum absolute atomic E-state index is 12.9. The van der Waals surface area contributed by atoms with E-state index in [-0.39, 0.29) is 5.91 Å². The first kappa shape index (κ1) is 21.1. The number of nitrogens with zero attached hydrogens (tertiary/aromatic N) is 1. The van der Waals surface area contributed by atoms with Crippen molar-refractivity contribution in [3.8, 4) is 11.1 Å². The number of nitrogens with two attached hydrogens (primary N) is 1. The summed E-state index contributed by atoms with van der Waals surface area (Å²) in [5.41, 5.74) is 10.7. The number of anilines is 2. The summed E-state index contributed by atoms with van der Waals surface area (Å²) < 4.78 is 0. The molecule has 0 radical (unpaired) electrons. The Morgan fingerprint density at radius 3 is 2.30 bits per heavy atom. The van der Waals surface area contributed by atoms with E-state index in [9.17, 15) is 9.59 Å². The Kier molecular flexibility index (Phi) is 6.52. The van der Waals surface area contributed by atoms with Crippen molar-refractivity contribution in [2.24, 2.45) is 5.73 Å². The Morgan fingerprint density at radius 2 is 1.67 bits per heavy atom. The van der Waals surface area contributed by atoms with E-state index in [0.717, 1.165) is 24.1 Å². The minimum atomic E-state index is -0.541. The van der Waals surface area contributed by atoms with Gasteiger partial charge < -0.3 is 16.0 Å². The number of benzene rings is 3. The van der Waals surface area contributed by atoms with Gasteiger partial charge in [0.15, 0.2) is 0 Å². The van der Waals surface area contributed by atoms with Gasteiger partial charge in [-0.3, -0.25) is 9.59 Å². The van der Waals surface area contributed by atoms with Gasteiger partial charge in [0, 0.05) is 42.2 Å². The van der Waals surface area contributed by atoms with Gasteiger partial charge in [-0.1, -0.05) is 43.7 Å². The molecule has 30 heavy (non-hydrogen) atoms. The molecule has 5 nitrogen and oxygen atoms in total. The van der Waals surface area contributed by atoms with Gasteiger partial charge in [0.25, 0.3) is 5.91 Å². The van der Waals surface area contributed by atoms with Crippen LogP contribution in [0.3, 0.4) is 0 Å². The van der Waals surface area contributed by atoms with Crippen molar-refractivity contribution in [2.75, 3.05) is 24.3 Å². The summed E-state index contributed by atoms with van der Waals surface area (Å²) in [5, 5.41) is 2.96. The molecule has 5 heteroatoms. The minimum absolute atomic E-state index is 0.232. The van der Waals surface area contributed by atoms with Crippen LogP contribution in [-0.2, 0) is 6.42 Å². The highest BCUT2D eigenvalue weighted by atomic mass is 16.2. The zero-order valence-corrected chi connectivity index (χ0v) is 17.6. The Hall–Kier alpha value is -3.60. The topological polar surface area (TPSA) is 75.4 Å². The first-order chi connectivity index (χ1) is 14.4. The molecule has 0 saturated carbocycles. The largest absolute Gasteiger partial charge is 0.378 e. The predicted octanol–water partition coefficient (Wildman–Crippen LogP) is 4.72. The van der Waals surface area contributed by atoms with Crippen molar-refractivity contribution in [2.45, 2.75) is 19.8 Å². The number of nitrogens with one attached hydrogen (secondary N) is 1. The van der Waals surface area contributed by atoms with Crippen LogP contribution in [0, 0.1) is 0 Å². The minimum Gasteiger partial charge on any atom is -0.378 e. The highest BCUT2D eigenvalue weighted by molar-refractivity contribution is 6.10. The highest BCUT2D eigenvalue weighted by Gasteiger charge is 2.17. The SMILES string of the molecule is CCCc1ccc(C(=O)Nc2cccc(C(N)=O)c2-c2cccc(N(C)C)c2)cc1. The van der Waals surface area contributed by atoms with E-state index in [1.54, 1.807) is 18.2 Å². The number of hydrogen-bond donors (Lipinski definition) is 2. The molecule has 0 aliphatic carbocycles. The smallest absolute Gasteiger partial charge is 0.255 e. The van der Waals surface area contributed by atoms with Gasteiger partial charge in [-0.25, -0.2) is 0 Å². The lowest BCUT2D eigenvalue weighted by Crippen LogP contribution is -2.17. The van der Waals surface area contributed by atoms with Gasteiger partial charge >= 0.3 is 0 Å². The molecule has 0 aliphatic heterocycles. The Labute approximate surface area is 177 Å². The number of primary amides is 1. The zero-order valence-electron chi connectivity index (χ0n) is 17.6. The fourth-order valence-corrected chi connectivity index (χ4v) is 3.42. The van der Waals surface area contributed by atoms with Crippen LogP contribution in [0.4, 0.5) is 11.4 Å². The summed E-state index contributed by atoms with van der Waals surface area (Å²) in [6.07, 6.45) is 2.04. The van der Waals surface area contributed by atoms with Gasteiger partial charge in [0.1, 0.15) is 0 Å². The third-order valence-electron chi connectivity index (χ3n) is 4.98. The zero-order chi connectivity index (χ0) is 21.7. The third-order valence-corrected chi connectivity index (χ3v) is 4.98. The summed E-state index contributed by atoms with van der Waals surface area (Å²) >= 11 is 0. The van der Waals surface area contributed by atoms with Crippen molar-refractivity contribution in [1.82, 2.24) is 0 Å². The molecule has 0 bridgehead atoms. The van der Waals surface area contributed by atoms with Gasteiger partial charge in [0.05, 0.1) is 0 Å². The van der Waals surface area contributed by atoms with Crippen molar-refractivity contribution >= 4 is 23.2 Å². The fourth-order valence-electron chi connectivity index (χ4n) is 3.42. The molecule has 154 valence electrons. The summed E-state index contributed by atoms with van der Waals surface area (Å²) in [6, 6.07) is 20.5. The van der Waals surface area contributed by atoms with E-state index in [0.29, 0.717) is 22.4 Å². The quantitative estimate of drug-likeness (QED) is 0.601. The first-order valence-electron chi connectivity index (χ1n) is 10.0. The highest BCUT2D eigenvalue weighted by Crippen LogP contribution is 2.34. The molecular formula is C25H27N3O2. The van der Waals surface area contributed by atoms with Crippen molar-refractivity contribution < 1.29 is 9.59 Å². The van der Waals surface area contributed by atoms with Crippen LogP contribution < -0.4 is 16.0 Å². The second-order valence-electron chi connectivity index (χ2n) is 7.44. The number of carbonyl (C=O) groups excluding carboxylic acids is 2. The predicted molar refractivity (Wildman–Crippen MR) is 123 cm³/mol. The average molecular weight is 402 g/mol. The van der Waals surface area contributed by atoms with Crippen molar-refractivity contribution in [3.05, 3.63) is 83.4 Å². The fraction of sp³-hybridized carbons (Fsp3) is 0.200. The molecule has 0 aliphatic rings. The Bertz CT molecular complexity index is 1060. The van der Waals surface area contributed by atoms with Crippen LogP contribution in [0.5, 0.6) is 0 Å². The number of amides is 2. The van der Waals surface area contributed by atoms with Gasteiger partial charge in [0.2, 0.25) is 5.91 Å². The monoisotopic (exact) mass is 401 g/mol. The van der Waals surface area contributed by atoms with Crippen LogP contribution >= 0.6 is 0 Å². The maximum atomic E-state index is 12.9. The van der Waals surface area contributed by atoms with Crippen LogP contribution in [0.1, 0.15) is 39.6 Å². The molecule has 0 unspecified atom stereocenters. The van der Waals surface area contributed by atoms with E-state index in [4.69, 9.17) is 5.73 Å². The van der Waals surface area contributed by atoms with Crippen LogP contribution in [0.2, 0.25) is 0 Å². The standard InChI is InChI=1S/C25H27N3O2/c1-4-7-17-12-14-18(15-13-17)25(30)27-22-11-6-10-21(24(26)29)23(22)19-8-5-9-20(16-19)28(2)3/h5-6,8-16H,4,7H2,1-3H3,(H2,26,29)(H,27,30). The van der Waals surface area contributed by atoms with E-state index >= 15 is 0 Å². The third kappa shape index (κ3) is 4.69. The van der Waals surface area contributed by atoms with Crippen LogP contribution in [0.15, 0.2) is 66.7 Å². The molecule has 0 spiro atoms. The normalized spacial score (nSPS) is 10.5. The molecule has 0 atom stereocenters. The molecule has 0 fully saturated rings. The lowest BCUT2D eigenvalue weighted by molar-refractivity contribution is 0.0997. The van der Waals surface area contributed by atoms with E-state index in [1.807, 2.05) is 67.5 Å². The van der Waals surface area contributed by atoms with Crippen molar-refractivity contribution in [1.29, 1.82) is 0 Å². The van der Waals surface area contributed by atoms with Crippen LogP contribution in [-0.4, -0.2) is 25.9 Å². The maximum Gasteiger partial charge on any atom is 0.255 e. The molecule has 2 amide bonds. The number of carbonyl (C=O) groups is 2. The summed E-state index contributed by atoms with van der Waals surface area (Å²) in [7, 11) is 3.90. The Morgan fingerprint density at radius 1 is 0.967 bits per heavy atom. The average Bonchev–Trinajstić information content (AvgIpc) is 2.74. The second kappa shape index (κ2) is 9.27. The lowest BCUT2D eigenvalue weighted by atomic mass is 9.96. The first-order valence-corrected chi connectivity index (χ1v) is 10.0. The molecule has 3 N–H and O–H groups in total. The number of hydrogen-bond acceptors (Lipinski definition) is 3. The molecule has 0 heterocycles. The summed E-state index contributed by atoms with van der Waals surface area (Å²) in [4.78, 5) is 27.0.